The Morgan fingerprint density at radius 2 is 1.92 bits per heavy atom. The molecule has 0 saturated heterocycles. The van der Waals surface area contributed by atoms with Gasteiger partial charge in [0.25, 0.3) is 0 Å². The minimum Gasteiger partial charge on any atom is -0.302 e. The summed E-state index contributed by atoms with van der Waals surface area (Å²) < 4.78 is 15.3. The summed E-state index contributed by atoms with van der Waals surface area (Å²) in [6, 6.07) is 6.64. The third kappa shape index (κ3) is 3.96. The Kier molecular flexibility index (Phi) is 5.91. The van der Waals surface area contributed by atoms with Gasteiger partial charge < -0.3 is 4.57 Å². The SMILES string of the molecule is CCCn1c(SCc2ccc(F)cc2)nnc1-c1csc(C)c1CC. The lowest BCUT2D eigenvalue weighted by molar-refractivity contribution is 0.625. The van der Waals surface area contributed by atoms with Crippen LogP contribution in [-0.4, -0.2) is 14.8 Å². The molecule has 2 heterocycles. The van der Waals surface area contributed by atoms with Crippen LogP contribution in [0, 0.1) is 12.7 Å². The fourth-order valence-corrected chi connectivity index (χ4v) is 4.71. The summed E-state index contributed by atoms with van der Waals surface area (Å²) in [5.74, 6) is 1.51. The van der Waals surface area contributed by atoms with Crippen LogP contribution in [0.3, 0.4) is 0 Å². The molecule has 132 valence electrons. The van der Waals surface area contributed by atoms with Crippen molar-refractivity contribution >= 4 is 23.1 Å². The van der Waals surface area contributed by atoms with Crippen LogP contribution in [-0.2, 0) is 18.7 Å². The maximum absolute atomic E-state index is 13.0. The predicted octanol–water partition coefficient (Wildman–Crippen LogP) is 5.72. The normalized spacial score (nSPS) is 11.2. The van der Waals surface area contributed by atoms with Crippen molar-refractivity contribution in [2.45, 2.75) is 51.1 Å². The summed E-state index contributed by atoms with van der Waals surface area (Å²) in [6.45, 7) is 7.41. The summed E-state index contributed by atoms with van der Waals surface area (Å²) in [4.78, 5) is 1.35. The Hall–Kier alpha value is -1.66. The fourth-order valence-electron chi connectivity index (χ4n) is 2.85. The van der Waals surface area contributed by atoms with Gasteiger partial charge in [0.2, 0.25) is 0 Å². The van der Waals surface area contributed by atoms with Crippen LogP contribution in [0.4, 0.5) is 4.39 Å². The van der Waals surface area contributed by atoms with E-state index >= 15 is 0 Å². The predicted molar refractivity (Wildman–Crippen MR) is 104 cm³/mol. The zero-order valence-electron chi connectivity index (χ0n) is 14.8. The van der Waals surface area contributed by atoms with E-state index in [4.69, 9.17) is 0 Å². The van der Waals surface area contributed by atoms with Crippen molar-refractivity contribution in [1.82, 2.24) is 14.8 Å². The topological polar surface area (TPSA) is 30.7 Å². The average Bonchev–Trinajstić information content (AvgIpc) is 3.17. The maximum atomic E-state index is 13.0. The van der Waals surface area contributed by atoms with Gasteiger partial charge in [-0.05, 0) is 43.0 Å². The number of aromatic nitrogens is 3. The van der Waals surface area contributed by atoms with E-state index in [2.05, 4.69) is 40.9 Å². The lowest BCUT2D eigenvalue weighted by Gasteiger charge is -2.09. The molecule has 0 spiro atoms. The van der Waals surface area contributed by atoms with Crippen LogP contribution in [0.2, 0.25) is 0 Å². The molecule has 2 aromatic heterocycles. The zero-order valence-corrected chi connectivity index (χ0v) is 16.4. The molecular weight excluding hydrogens is 353 g/mol. The van der Waals surface area contributed by atoms with E-state index in [1.165, 1.54) is 28.1 Å². The quantitative estimate of drug-likeness (QED) is 0.495. The molecule has 0 radical (unpaired) electrons. The highest BCUT2D eigenvalue weighted by Gasteiger charge is 2.18. The highest BCUT2D eigenvalue weighted by molar-refractivity contribution is 7.98. The molecule has 3 aromatic rings. The van der Waals surface area contributed by atoms with E-state index in [-0.39, 0.29) is 5.82 Å². The molecular formula is C19H22FN3S2. The third-order valence-electron chi connectivity index (χ3n) is 4.14. The lowest BCUT2D eigenvalue weighted by Crippen LogP contribution is -2.02. The van der Waals surface area contributed by atoms with Crippen LogP contribution >= 0.6 is 23.1 Å². The highest BCUT2D eigenvalue weighted by atomic mass is 32.2. The average molecular weight is 376 g/mol. The first-order valence-corrected chi connectivity index (χ1v) is 10.4. The van der Waals surface area contributed by atoms with Crippen molar-refractivity contribution in [3.05, 3.63) is 51.5 Å². The van der Waals surface area contributed by atoms with E-state index < -0.39 is 0 Å². The molecule has 0 fully saturated rings. The van der Waals surface area contributed by atoms with Crippen molar-refractivity contribution in [1.29, 1.82) is 0 Å². The van der Waals surface area contributed by atoms with E-state index in [1.807, 2.05) is 12.1 Å². The van der Waals surface area contributed by atoms with Crippen LogP contribution in [0.15, 0.2) is 34.8 Å². The molecule has 25 heavy (non-hydrogen) atoms. The first kappa shape index (κ1) is 18.1. The standard InChI is InChI=1S/C19H22FN3S2/c1-4-10-23-18(17-12-24-13(3)16(17)5-2)21-22-19(23)25-11-14-6-8-15(20)9-7-14/h6-9,12H,4-5,10-11H2,1-3H3. The minimum absolute atomic E-state index is 0.204. The highest BCUT2D eigenvalue weighted by Crippen LogP contribution is 2.33. The summed E-state index contributed by atoms with van der Waals surface area (Å²) >= 11 is 3.43. The Labute approximate surface area is 156 Å². The summed E-state index contributed by atoms with van der Waals surface area (Å²) in [7, 11) is 0. The van der Waals surface area contributed by atoms with Crippen molar-refractivity contribution in [3.63, 3.8) is 0 Å². The molecule has 6 heteroatoms. The number of hydrogen-bond acceptors (Lipinski definition) is 4. The molecule has 0 N–H and O–H groups in total. The first-order chi connectivity index (χ1) is 12.1. The van der Waals surface area contributed by atoms with Gasteiger partial charge in [0.05, 0.1) is 0 Å². The molecule has 0 aliphatic carbocycles. The lowest BCUT2D eigenvalue weighted by atomic mass is 10.1. The number of halogens is 1. The molecule has 1 aromatic carbocycles. The second-order valence-electron chi connectivity index (χ2n) is 5.91. The van der Waals surface area contributed by atoms with Crippen molar-refractivity contribution in [3.8, 4) is 11.4 Å². The van der Waals surface area contributed by atoms with E-state index in [1.54, 1.807) is 23.1 Å². The molecule has 0 amide bonds. The number of aryl methyl sites for hydroxylation is 1. The smallest absolute Gasteiger partial charge is 0.191 e. The van der Waals surface area contributed by atoms with E-state index in [9.17, 15) is 4.39 Å². The van der Waals surface area contributed by atoms with Gasteiger partial charge in [-0.2, -0.15) is 0 Å². The Bertz CT molecular complexity index is 837. The van der Waals surface area contributed by atoms with Gasteiger partial charge in [-0.1, -0.05) is 37.7 Å². The van der Waals surface area contributed by atoms with E-state index in [0.29, 0.717) is 0 Å². The van der Waals surface area contributed by atoms with Crippen LogP contribution in [0.5, 0.6) is 0 Å². The maximum Gasteiger partial charge on any atom is 0.191 e. The van der Waals surface area contributed by atoms with Gasteiger partial charge in [-0.25, -0.2) is 4.39 Å². The first-order valence-electron chi connectivity index (χ1n) is 8.51. The van der Waals surface area contributed by atoms with Crippen LogP contribution in [0.1, 0.15) is 36.3 Å². The Morgan fingerprint density at radius 1 is 1.16 bits per heavy atom. The number of nitrogens with zero attached hydrogens (tertiary/aromatic N) is 3. The van der Waals surface area contributed by atoms with Gasteiger partial charge in [0.1, 0.15) is 5.82 Å². The number of thioether (sulfide) groups is 1. The molecule has 3 rings (SSSR count). The van der Waals surface area contributed by atoms with E-state index in [0.717, 1.165) is 41.7 Å². The number of rotatable bonds is 7. The fraction of sp³-hybridized carbons (Fsp3) is 0.368. The second-order valence-corrected chi connectivity index (χ2v) is 7.94. The summed E-state index contributed by atoms with van der Waals surface area (Å²) in [6.07, 6.45) is 2.03. The summed E-state index contributed by atoms with van der Waals surface area (Å²) in [5, 5.41) is 12.0. The van der Waals surface area contributed by atoms with Crippen LogP contribution < -0.4 is 0 Å². The monoisotopic (exact) mass is 375 g/mol. The molecule has 0 unspecified atom stereocenters. The second kappa shape index (κ2) is 8.15. The van der Waals surface area contributed by atoms with Crippen molar-refractivity contribution in [2.24, 2.45) is 0 Å². The molecule has 0 saturated carbocycles. The number of benzene rings is 1. The van der Waals surface area contributed by atoms with Crippen molar-refractivity contribution < 1.29 is 4.39 Å². The number of hydrogen-bond donors (Lipinski definition) is 0. The van der Waals surface area contributed by atoms with Gasteiger partial charge in [0, 0.05) is 28.1 Å². The van der Waals surface area contributed by atoms with Gasteiger partial charge in [-0.3, -0.25) is 0 Å². The van der Waals surface area contributed by atoms with Crippen LogP contribution in [0.25, 0.3) is 11.4 Å². The minimum atomic E-state index is -0.204. The van der Waals surface area contributed by atoms with Gasteiger partial charge in [-0.15, -0.1) is 21.5 Å². The zero-order chi connectivity index (χ0) is 17.8. The Morgan fingerprint density at radius 3 is 2.60 bits per heavy atom. The third-order valence-corrected chi connectivity index (χ3v) is 6.13. The molecule has 0 aliphatic rings. The van der Waals surface area contributed by atoms with Gasteiger partial charge >= 0.3 is 0 Å². The van der Waals surface area contributed by atoms with Crippen molar-refractivity contribution in [2.75, 3.05) is 0 Å². The molecule has 3 nitrogen and oxygen atoms in total. The van der Waals surface area contributed by atoms with Gasteiger partial charge in [0.15, 0.2) is 11.0 Å². The largest absolute Gasteiger partial charge is 0.302 e. The molecule has 0 bridgehead atoms. The Balaban J connectivity index is 1.87. The summed E-state index contributed by atoms with van der Waals surface area (Å²) in [5.41, 5.74) is 3.66. The number of thiophene rings is 1. The molecule has 0 atom stereocenters. The molecule has 0 aliphatic heterocycles.